The van der Waals surface area contributed by atoms with Crippen LogP contribution in [0.2, 0.25) is 0 Å². The fraction of sp³-hybridized carbons (Fsp3) is 0.444. The zero-order chi connectivity index (χ0) is 15.5. The van der Waals surface area contributed by atoms with E-state index in [-0.39, 0.29) is 17.4 Å². The molecular weight excluding hydrogens is 276 g/mol. The zero-order valence-corrected chi connectivity index (χ0v) is 12.9. The Morgan fingerprint density at radius 2 is 2.00 bits per heavy atom. The van der Waals surface area contributed by atoms with Crippen LogP contribution in [0.1, 0.15) is 43.2 Å². The minimum Gasteiger partial charge on any atom is -0.352 e. The van der Waals surface area contributed by atoms with E-state index in [1.165, 1.54) is 19.3 Å². The van der Waals surface area contributed by atoms with Gasteiger partial charge in [-0.05, 0) is 48.9 Å². The summed E-state index contributed by atoms with van der Waals surface area (Å²) >= 11 is 0. The highest BCUT2D eigenvalue weighted by Gasteiger charge is 2.20. The maximum Gasteiger partial charge on any atom is 0.251 e. The molecule has 2 N–H and O–H groups in total. The number of benzene rings is 1. The molecule has 2 aromatic rings. The second-order valence-electron chi connectivity index (χ2n) is 6.26. The Balaban J connectivity index is 1.70. The Hall–Kier alpha value is -2.10. The van der Waals surface area contributed by atoms with Crippen molar-refractivity contribution in [1.29, 1.82) is 0 Å². The molecule has 1 aromatic carbocycles. The van der Waals surface area contributed by atoms with Crippen LogP contribution in [0.15, 0.2) is 29.1 Å². The van der Waals surface area contributed by atoms with Crippen molar-refractivity contribution in [1.82, 2.24) is 10.3 Å². The zero-order valence-electron chi connectivity index (χ0n) is 12.9. The van der Waals surface area contributed by atoms with E-state index in [2.05, 4.69) is 10.3 Å². The van der Waals surface area contributed by atoms with Gasteiger partial charge in [-0.1, -0.05) is 25.3 Å². The summed E-state index contributed by atoms with van der Waals surface area (Å²) in [7, 11) is 0. The monoisotopic (exact) mass is 298 g/mol. The van der Waals surface area contributed by atoms with Crippen molar-refractivity contribution < 1.29 is 4.79 Å². The summed E-state index contributed by atoms with van der Waals surface area (Å²) in [5, 5.41) is 4.05. The molecule has 4 heteroatoms. The number of amides is 1. The van der Waals surface area contributed by atoms with Crippen molar-refractivity contribution >= 4 is 16.8 Å². The number of carbonyl (C=O) groups is 1. The second kappa shape index (κ2) is 6.34. The van der Waals surface area contributed by atoms with Gasteiger partial charge in [0.1, 0.15) is 0 Å². The lowest BCUT2D eigenvalue weighted by Crippen LogP contribution is -2.31. The molecule has 1 fully saturated rings. The van der Waals surface area contributed by atoms with E-state index >= 15 is 0 Å². The molecule has 1 aliphatic rings. The fourth-order valence-electron chi connectivity index (χ4n) is 3.17. The number of pyridine rings is 1. The Bertz CT molecular complexity index is 742. The van der Waals surface area contributed by atoms with Crippen molar-refractivity contribution in [3.63, 3.8) is 0 Å². The van der Waals surface area contributed by atoms with Crippen molar-refractivity contribution in [2.75, 3.05) is 0 Å². The Morgan fingerprint density at radius 1 is 1.23 bits per heavy atom. The molecule has 116 valence electrons. The predicted molar refractivity (Wildman–Crippen MR) is 87.7 cm³/mol. The molecule has 1 aliphatic carbocycles. The first-order valence-corrected chi connectivity index (χ1v) is 8.04. The molecule has 1 saturated carbocycles. The van der Waals surface area contributed by atoms with Gasteiger partial charge in [-0.2, -0.15) is 0 Å². The molecule has 1 amide bonds. The SMILES string of the molecule is Cc1cc2cc(CNC(=O)C3CCCCC3)ccc2[nH]c1=O. The molecule has 3 rings (SSSR count). The van der Waals surface area contributed by atoms with Crippen LogP contribution >= 0.6 is 0 Å². The summed E-state index contributed by atoms with van der Waals surface area (Å²) in [4.78, 5) is 26.6. The number of rotatable bonds is 3. The number of H-pyrrole nitrogens is 1. The summed E-state index contributed by atoms with van der Waals surface area (Å²) in [6, 6.07) is 7.77. The molecule has 0 saturated heterocycles. The van der Waals surface area contributed by atoms with E-state index in [4.69, 9.17) is 0 Å². The minimum absolute atomic E-state index is 0.0501. The third-order valence-electron chi connectivity index (χ3n) is 4.54. The largest absolute Gasteiger partial charge is 0.352 e. The van der Waals surface area contributed by atoms with Crippen molar-refractivity contribution in [2.24, 2.45) is 5.92 Å². The van der Waals surface area contributed by atoms with E-state index in [1.54, 1.807) is 6.92 Å². The Labute approximate surface area is 129 Å². The molecule has 4 nitrogen and oxygen atoms in total. The van der Waals surface area contributed by atoms with Gasteiger partial charge in [0.15, 0.2) is 0 Å². The first-order valence-electron chi connectivity index (χ1n) is 8.04. The normalized spacial score (nSPS) is 15.9. The van der Waals surface area contributed by atoms with Gasteiger partial charge in [-0.15, -0.1) is 0 Å². The number of nitrogens with one attached hydrogen (secondary N) is 2. The van der Waals surface area contributed by atoms with Crippen LogP contribution in [0, 0.1) is 12.8 Å². The lowest BCUT2D eigenvalue weighted by molar-refractivity contribution is -0.126. The van der Waals surface area contributed by atoms with E-state index in [0.29, 0.717) is 12.1 Å². The smallest absolute Gasteiger partial charge is 0.251 e. The number of aromatic nitrogens is 1. The Kier molecular flexibility index (Phi) is 4.27. The second-order valence-corrected chi connectivity index (χ2v) is 6.26. The van der Waals surface area contributed by atoms with Gasteiger partial charge in [0.25, 0.3) is 5.56 Å². The van der Waals surface area contributed by atoms with Gasteiger partial charge < -0.3 is 10.3 Å². The molecule has 0 spiro atoms. The molecule has 0 aliphatic heterocycles. The van der Waals surface area contributed by atoms with Crippen LogP contribution in [0.5, 0.6) is 0 Å². The molecular formula is C18H22N2O2. The van der Waals surface area contributed by atoms with Crippen LogP contribution in [0.25, 0.3) is 10.9 Å². The van der Waals surface area contributed by atoms with Gasteiger partial charge in [-0.3, -0.25) is 9.59 Å². The van der Waals surface area contributed by atoms with Crippen LogP contribution in [-0.4, -0.2) is 10.9 Å². The minimum atomic E-state index is -0.0501. The van der Waals surface area contributed by atoms with E-state index in [1.807, 2.05) is 24.3 Å². The van der Waals surface area contributed by atoms with Crippen LogP contribution in [-0.2, 0) is 11.3 Å². The first kappa shape index (κ1) is 14.8. The van der Waals surface area contributed by atoms with Gasteiger partial charge in [0.05, 0.1) is 0 Å². The van der Waals surface area contributed by atoms with Gasteiger partial charge in [-0.25, -0.2) is 0 Å². The summed E-state index contributed by atoms with van der Waals surface area (Å²) < 4.78 is 0. The highest BCUT2D eigenvalue weighted by Crippen LogP contribution is 2.23. The third-order valence-corrected chi connectivity index (χ3v) is 4.54. The lowest BCUT2D eigenvalue weighted by Gasteiger charge is -2.20. The van der Waals surface area contributed by atoms with E-state index in [0.717, 1.165) is 29.3 Å². The molecule has 1 aromatic heterocycles. The Morgan fingerprint density at radius 3 is 2.77 bits per heavy atom. The standard InChI is InChI=1S/C18H22N2O2/c1-12-9-15-10-13(7-8-16(15)20-17(12)21)11-19-18(22)14-5-3-2-4-6-14/h7-10,14H,2-6,11H2,1H3,(H,19,22)(H,20,21). The van der Waals surface area contributed by atoms with Crippen LogP contribution in [0.3, 0.4) is 0 Å². The summed E-state index contributed by atoms with van der Waals surface area (Å²) in [5.74, 6) is 0.366. The highest BCUT2D eigenvalue weighted by molar-refractivity contribution is 5.81. The van der Waals surface area contributed by atoms with E-state index in [9.17, 15) is 9.59 Å². The quantitative estimate of drug-likeness (QED) is 0.915. The predicted octanol–water partition coefficient (Wildman–Crippen LogP) is 3.03. The first-order chi connectivity index (χ1) is 10.6. The average molecular weight is 298 g/mol. The maximum absolute atomic E-state index is 12.2. The third kappa shape index (κ3) is 3.21. The summed E-state index contributed by atoms with van der Waals surface area (Å²) in [6.45, 7) is 2.35. The summed E-state index contributed by atoms with van der Waals surface area (Å²) in [6.07, 6.45) is 5.63. The van der Waals surface area contributed by atoms with Crippen molar-refractivity contribution in [3.05, 3.63) is 45.7 Å². The number of hydrogen-bond acceptors (Lipinski definition) is 2. The highest BCUT2D eigenvalue weighted by atomic mass is 16.1. The fourth-order valence-corrected chi connectivity index (χ4v) is 3.17. The molecule has 22 heavy (non-hydrogen) atoms. The molecule has 0 radical (unpaired) electrons. The van der Waals surface area contributed by atoms with Gasteiger partial charge in [0, 0.05) is 23.5 Å². The molecule has 0 unspecified atom stereocenters. The number of fused-ring (bicyclic) bond motifs is 1. The number of carbonyl (C=O) groups excluding carboxylic acids is 1. The topological polar surface area (TPSA) is 62.0 Å². The summed E-state index contributed by atoms with van der Waals surface area (Å²) in [5.41, 5.74) is 2.54. The van der Waals surface area contributed by atoms with Crippen LogP contribution < -0.4 is 10.9 Å². The van der Waals surface area contributed by atoms with Crippen molar-refractivity contribution in [3.8, 4) is 0 Å². The average Bonchev–Trinajstić information content (AvgIpc) is 2.54. The molecule has 1 heterocycles. The molecule has 0 atom stereocenters. The van der Waals surface area contributed by atoms with E-state index < -0.39 is 0 Å². The van der Waals surface area contributed by atoms with Crippen LogP contribution in [0.4, 0.5) is 0 Å². The van der Waals surface area contributed by atoms with Crippen molar-refractivity contribution in [2.45, 2.75) is 45.6 Å². The van der Waals surface area contributed by atoms with Gasteiger partial charge in [0.2, 0.25) is 5.91 Å². The molecule has 0 bridgehead atoms. The van der Waals surface area contributed by atoms with Gasteiger partial charge >= 0.3 is 0 Å². The number of aromatic amines is 1. The number of aryl methyl sites for hydroxylation is 1. The maximum atomic E-state index is 12.2. The number of hydrogen-bond donors (Lipinski definition) is 2. The lowest BCUT2D eigenvalue weighted by atomic mass is 9.88.